The van der Waals surface area contributed by atoms with E-state index in [1.807, 2.05) is 4.90 Å². The van der Waals surface area contributed by atoms with E-state index in [9.17, 15) is 13.2 Å². The van der Waals surface area contributed by atoms with Gasteiger partial charge in [0.05, 0.1) is 24.2 Å². The van der Waals surface area contributed by atoms with E-state index in [2.05, 4.69) is 9.62 Å². The number of hydrogen-bond acceptors (Lipinski definition) is 7. The summed E-state index contributed by atoms with van der Waals surface area (Å²) in [7, 11) is -3.73. The van der Waals surface area contributed by atoms with Gasteiger partial charge in [0.15, 0.2) is 11.5 Å². The predicted octanol–water partition coefficient (Wildman–Crippen LogP) is 0.840. The van der Waals surface area contributed by atoms with E-state index in [1.54, 1.807) is 6.07 Å². The van der Waals surface area contributed by atoms with Crippen LogP contribution < -0.4 is 14.2 Å². The molecule has 31 heavy (non-hydrogen) atoms. The van der Waals surface area contributed by atoms with Crippen LogP contribution in [-0.2, 0) is 19.6 Å². The third-order valence-electron chi connectivity index (χ3n) is 5.87. The van der Waals surface area contributed by atoms with E-state index >= 15 is 0 Å². The second-order valence-electron chi connectivity index (χ2n) is 8.12. The van der Waals surface area contributed by atoms with E-state index < -0.39 is 10.0 Å². The second kappa shape index (κ2) is 10.2. The van der Waals surface area contributed by atoms with Crippen molar-refractivity contribution in [3.05, 3.63) is 18.2 Å². The fourth-order valence-electron chi connectivity index (χ4n) is 4.10. The number of carbonyl (C=O) groups is 1. The number of amides is 1. The molecule has 3 heterocycles. The zero-order chi connectivity index (χ0) is 21.7. The number of hydrogen-bond donors (Lipinski definition) is 1. The number of benzene rings is 1. The first-order valence-electron chi connectivity index (χ1n) is 11.0. The van der Waals surface area contributed by atoms with Crippen LogP contribution in [0.15, 0.2) is 23.1 Å². The van der Waals surface area contributed by atoms with Gasteiger partial charge in [-0.1, -0.05) is 0 Å². The van der Waals surface area contributed by atoms with Crippen molar-refractivity contribution in [3.8, 4) is 11.5 Å². The number of piperazine rings is 1. The van der Waals surface area contributed by atoms with E-state index in [0.717, 1.165) is 45.5 Å². The molecule has 1 amide bonds. The molecular weight excluding hydrogens is 422 g/mol. The Morgan fingerprint density at radius 2 is 1.81 bits per heavy atom. The highest BCUT2D eigenvalue weighted by atomic mass is 32.2. The zero-order valence-electron chi connectivity index (χ0n) is 17.8. The third-order valence-corrected chi connectivity index (χ3v) is 7.33. The van der Waals surface area contributed by atoms with Gasteiger partial charge in [-0.2, -0.15) is 0 Å². The highest BCUT2D eigenvalue weighted by Crippen LogP contribution is 2.31. The van der Waals surface area contributed by atoms with Crippen LogP contribution in [0.5, 0.6) is 11.5 Å². The number of carbonyl (C=O) groups excluding carboxylic acids is 1. The van der Waals surface area contributed by atoms with E-state index in [4.69, 9.17) is 14.2 Å². The summed E-state index contributed by atoms with van der Waals surface area (Å²) in [4.78, 5) is 16.8. The summed E-state index contributed by atoms with van der Waals surface area (Å²) >= 11 is 0. The van der Waals surface area contributed by atoms with E-state index in [1.165, 1.54) is 12.1 Å². The Labute approximate surface area is 183 Å². The highest BCUT2D eigenvalue weighted by molar-refractivity contribution is 7.89. The molecule has 1 unspecified atom stereocenters. The van der Waals surface area contributed by atoms with Crippen LogP contribution in [0.1, 0.15) is 25.7 Å². The highest BCUT2D eigenvalue weighted by Gasteiger charge is 2.25. The van der Waals surface area contributed by atoms with Crippen LogP contribution in [0.3, 0.4) is 0 Å². The Bertz CT molecular complexity index is 864. The predicted molar refractivity (Wildman–Crippen MR) is 114 cm³/mol. The van der Waals surface area contributed by atoms with Crippen molar-refractivity contribution in [1.29, 1.82) is 0 Å². The molecular formula is C21H31N3O6S. The van der Waals surface area contributed by atoms with Crippen molar-refractivity contribution in [3.63, 3.8) is 0 Å². The Balaban J connectivity index is 1.22. The summed E-state index contributed by atoms with van der Waals surface area (Å²) in [6, 6.07) is 4.57. The maximum absolute atomic E-state index is 12.6. The van der Waals surface area contributed by atoms with Gasteiger partial charge in [-0.15, -0.1) is 0 Å². The molecule has 4 rings (SSSR count). The number of sulfonamides is 1. The van der Waals surface area contributed by atoms with E-state index in [0.29, 0.717) is 43.9 Å². The monoisotopic (exact) mass is 453 g/mol. The van der Waals surface area contributed by atoms with Crippen LogP contribution in [0.2, 0.25) is 0 Å². The first kappa shape index (κ1) is 22.3. The lowest BCUT2D eigenvalue weighted by Crippen LogP contribution is -2.50. The first-order valence-corrected chi connectivity index (χ1v) is 12.5. The Hall–Kier alpha value is -1.88. The van der Waals surface area contributed by atoms with Crippen LogP contribution in [-0.4, -0.2) is 89.3 Å². The lowest BCUT2D eigenvalue weighted by atomic mass is 10.2. The smallest absolute Gasteiger partial charge is 0.240 e. The normalized spacial score (nSPS) is 22.3. The lowest BCUT2D eigenvalue weighted by Gasteiger charge is -2.35. The molecule has 0 aliphatic carbocycles. The molecule has 0 spiro atoms. The van der Waals surface area contributed by atoms with Gasteiger partial charge in [0.1, 0.15) is 0 Å². The molecule has 10 heteroatoms. The van der Waals surface area contributed by atoms with Crippen LogP contribution in [0, 0.1) is 0 Å². The average molecular weight is 454 g/mol. The van der Waals surface area contributed by atoms with Gasteiger partial charge in [0.2, 0.25) is 15.9 Å². The molecule has 172 valence electrons. The number of rotatable bonds is 7. The van der Waals surface area contributed by atoms with Crippen molar-refractivity contribution < 1.29 is 27.4 Å². The molecule has 2 saturated heterocycles. The standard InChI is InChI=1S/C21H31N3O6S/c25-21(24-10-8-23(9-11-24)16-17-3-1-12-28-17)6-7-22-31(26,27)18-4-5-19-20(15-18)30-14-2-13-29-19/h4-5,15,17,22H,1-3,6-14,16H2. The maximum Gasteiger partial charge on any atom is 0.240 e. The molecule has 9 nitrogen and oxygen atoms in total. The average Bonchev–Trinajstić information content (AvgIpc) is 3.16. The Morgan fingerprint density at radius 3 is 2.55 bits per heavy atom. The van der Waals surface area contributed by atoms with Crippen molar-refractivity contribution in [1.82, 2.24) is 14.5 Å². The minimum Gasteiger partial charge on any atom is -0.490 e. The molecule has 1 atom stereocenters. The maximum atomic E-state index is 12.6. The number of nitrogens with zero attached hydrogens (tertiary/aromatic N) is 2. The molecule has 0 saturated carbocycles. The zero-order valence-corrected chi connectivity index (χ0v) is 18.6. The quantitative estimate of drug-likeness (QED) is 0.653. The number of ether oxygens (including phenoxy) is 3. The van der Waals surface area contributed by atoms with Crippen molar-refractivity contribution in [2.75, 3.05) is 59.1 Å². The molecule has 0 aromatic heterocycles. The van der Waals surface area contributed by atoms with Gasteiger partial charge in [0.25, 0.3) is 0 Å². The minimum atomic E-state index is -3.73. The summed E-state index contributed by atoms with van der Waals surface area (Å²) in [6.07, 6.45) is 3.45. The fraction of sp³-hybridized carbons (Fsp3) is 0.667. The summed E-state index contributed by atoms with van der Waals surface area (Å²) in [5.74, 6) is 0.945. The van der Waals surface area contributed by atoms with Crippen molar-refractivity contribution >= 4 is 15.9 Å². The van der Waals surface area contributed by atoms with Gasteiger partial charge in [-0.3, -0.25) is 9.69 Å². The van der Waals surface area contributed by atoms with Crippen LogP contribution in [0.25, 0.3) is 0 Å². The molecule has 1 N–H and O–H groups in total. The number of fused-ring (bicyclic) bond motifs is 1. The number of nitrogens with one attached hydrogen (secondary N) is 1. The molecule has 2 fully saturated rings. The van der Waals surface area contributed by atoms with Gasteiger partial charge in [-0.25, -0.2) is 13.1 Å². The minimum absolute atomic E-state index is 0.0295. The van der Waals surface area contributed by atoms with E-state index in [-0.39, 0.29) is 23.8 Å². The van der Waals surface area contributed by atoms with Crippen molar-refractivity contribution in [2.24, 2.45) is 0 Å². The van der Waals surface area contributed by atoms with Crippen LogP contribution in [0.4, 0.5) is 0 Å². The second-order valence-corrected chi connectivity index (χ2v) is 9.89. The Morgan fingerprint density at radius 1 is 1.03 bits per heavy atom. The van der Waals surface area contributed by atoms with Gasteiger partial charge in [-0.05, 0) is 25.0 Å². The first-order chi connectivity index (χ1) is 15.0. The molecule has 3 aliphatic rings. The topological polar surface area (TPSA) is 97.4 Å². The molecule has 3 aliphatic heterocycles. The molecule has 0 radical (unpaired) electrons. The Kier molecular flexibility index (Phi) is 7.31. The summed E-state index contributed by atoms with van der Waals surface area (Å²) in [6.45, 7) is 5.86. The fourth-order valence-corrected chi connectivity index (χ4v) is 5.15. The SMILES string of the molecule is O=C(CCNS(=O)(=O)c1ccc2c(c1)OCCCO2)N1CCN(CC2CCCO2)CC1. The van der Waals surface area contributed by atoms with Gasteiger partial charge < -0.3 is 19.1 Å². The molecule has 1 aromatic rings. The molecule has 0 bridgehead atoms. The van der Waals surface area contributed by atoms with Crippen molar-refractivity contribution in [2.45, 2.75) is 36.7 Å². The van der Waals surface area contributed by atoms with Crippen LogP contribution >= 0.6 is 0 Å². The summed E-state index contributed by atoms with van der Waals surface area (Å²) < 4.78 is 44.6. The third kappa shape index (κ3) is 5.88. The van der Waals surface area contributed by atoms with Gasteiger partial charge in [0, 0.05) is 64.8 Å². The molecule has 1 aromatic carbocycles. The lowest BCUT2D eigenvalue weighted by molar-refractivity contribution is -0.132. The van der Waals surface area contributed by atoms with Gasteiger partial charge >= 0.3 is 0 Å². The largest absolute Gasteiger partial charge is 0.490 e. The summed E-state index contributed by atoms with van der Waals surface area (Å²) in [5.41, 5.74) is 0. The summed E-state index contributed by atoms with van der Waals surface area (Å²) in [5, 5.41) is 0.